The maximum absolute atomic E-state index is 5.99. The summed E-state index contributed by atoms with van der Waals surface area (Å²) in [5, 5.41) is 0. The van der Waals surface area contributed by atoms with Crippen molar-refractivity contribution in [3.8, 4) is 11.3 Å². The van der Waals surface area contributed by atoms with Crippen LogP contribution in [-0.4, -0.2) is 0 Å². The molecule has 0 amide bonds. The van der Waals surface area contributed by atoms with E-state index in [2.05, 4.69) is 19.1 Å². The quantitative estimate of drug-likeness (QED) is 0.827. The molecule has 1 atom stereocenters. The molecular formula is C13H15NO. The van der Waals surface area contributed by atoms with Crippen LogP contribution in [0.3, 0.4) is 0 Å². The van der Waals surface area contributed by atoms with Gasteiger partial charge in [0.15, 0.2) is 0 Å². The number of nitrogens with two attached hydrogens (primary N) is 1. The molecule has 0 radical (unpaired) electrons. The first kappa shape index (κ1) is 9.99. The molecule has 1 aromatic carbocycles. The Morgan fingerprint density at radius 3 is 2.80 bits per heavy atom. The summed E-state index contributed by atoms with van der Waals surface area (Å²) >= 11 is 0. The summed E-state index contributed by atoms with van der Waals surface area (Å²) in [6.45, 7) is 2.09. The smallest absolute Gasteiger partial charge is 0.133 e. The van der Waals surface area contributed by atoms with E-state index in [-0.39, 0.29) is 6.04 Å². The zero-order chi connectivity index (χ0) is 10.7. The zero-order valence-corrected chi connectivity index (χ0v) is 8.81. The van der Waals surface area contributed by atoms with Crippen LogP contribution in [0.1, 0.15) is 24.9 Å². The van der Waals surface area contributed by atoms with Gasteiger partial charge in [-0.15, -0.1) is 0 Å². The fraction of sp³-hybridized carbons (Fsp3) is 0.231. The Hall–Kier alpha value is -1.54. The molecule has 2 aromatic rings. The zero-order valence-electron chi connectivity index (χ0n) is 8.81. The van der Waals surface area contributed by atoms with Crippen LogP contribution in [0.2, 0.25) is 0 Å². The van der Waals surface area contributed by atoms with Crippen LogP contribution >= 0.6 is 0 Å². The molecule has 0 aliphatic heterocycles. The van der Waals surface area contributed by atoms with Crippen molar-refractivity contribution in [3.63, 3.8) is 0 Å². The van der Waals surface area contributed by atoms with Gasteiger partial charge in [0.25, 0.3) is 0 Å². The molecule has 0 fully saturated rings. The summed E-state index contributed by atoms with van der Waals surface area (Å²) in [5.74, 6) is 0.889. The highest BCUT2D eigenvalue weighted by atomic mass is 16.3. The summed E-state index contributed by atoms with van der Waals surface area (Å²) in [7, 11) is 0. The van der Waals surface area contributed by atoms with E-state index < -0.39 is 0 Å². The van der Waals surface area contributed by atoms with Crippen LogP contribution in [0.25, 0.3) is 11.3 Å². The number of furan rings is 1. The van der Waals surface area contributed by atoms with Crippen LogP contribution < -0.4 is 5.73 Å². The van der Waals surface area contributed by atoms with Gasteiger partial charge in [-0.05, 0) is 30.2 Å². The molecular weight excluding hydrogens is 186 g/mol. The molecule has 0 aliphatic rings. The van der Waals surface area contributed by atoms with Crippen molar-refractivity contribution in [2.75, 3.05) is 0 Å². The summed E-state index contributed by atoms with van der Waals surface area (Å²) < 4.78 is 5.35. The Morgan fingerprint density at radius 1 is 1.27 bits per heavy atom. The minimum absolute atomic E-state index is 0.111. The van der Waals surface area contributed by atoms with Gasteiger partial charge in [-0.2, -0.15) is 0 Å². The van der Waals surface area contributed by atoms with E-state index in [1.165, 1.54) is 0 Å². The van der Waals surface area contributed by atoms with Gasteiger partial charge in [-0.3, -0.25) is 0 Å². The highest BCUT2D eigenvalue weighted by Crippen LogP contribution is 2.23. The standard InChI is InChI=1S/C13H15NO/c1-2-12(14)10-5-3-6-11(9-10)13-7-4-8-15-13/h3-9,12H,2,14H2,1H3. The minimum atomic E-state index is 0.111. The topological polar surface area (TPSA) is 39.2 Å². The lowest BCUT2D eigenvalue weighted by Gasteiger charge is -2.09. The Bertz CT molecular complexity index is 420. The van der Waals surface area contributed by atoms with Gasteiger partial charge in [0.05, 0.1) is 6.26 Å². The molecule has 1 heterocycles. The molecule has 1 aromatic heterocycles. The Balaban J connectivity index is 2.35. The lowest BCUT2D eigenvalue weighted by Crippen LogP contribution is -2.08. The van der Waals surface area contributed by atoms with Gasteiger partial charge in [0, 0.05) is 11.6 Å². The van der Waals surface area contributed by atoms with Crippen LogP contribution in [0.5, 0.6) is 0 Å². The minimum Gasteiger partial charge on any atom is -0.464 e. The molecule has 0 spiro atoms. The SMILES string of the molecule is CCC(N)c1cccc(-c2ccco2)c1. The highest BCUT2D eigenvalue weighted by molar-refractivity contribution is 5.58. The van der Waals surface area contributed by atoms with Crippen LogP contribution in [0, 0.1) is 0 Å². The van der Waals surface area contributed by atoms with Crippen molar-refractivity contribution >= 4 is 0 Å². The number of rotatable bonds is 3. The van der Waals surface area contributed by atoms with Gasteiger partial charge in [-0.1, -0.05) is 25.1 Å². The summed E-state index contributed by atoms with van der Waals surface area (Å²) in [6.07, 6.45) is 2.63. The first-order valence-corrected chi connectivity index (χ1v) is 5.20. The predicted molar refractivity (Wildman–Crippen MR) is 61.4 cm³/mol. The predicted octanol–water partition coefficient (Wildman–Crippen LogP) is 3.36. The summed E-state index contributed by atoms with van der Waals surface area (Å²) in [6, 6.07) is 12.2. The van der Waals surface area contributed by atoms with E-state index in [1.807, 2.05) is 24.3 Å². The van der Waals surface area contributed by atoms with Crippen LogP contribution in [0.15, 0.2) is 47.1 Å². The Labute approximate surface area is 89.7 Å². The molecule has 0 aliphatic carbocycles. The second-order valence-corrected chi connectivity index (χ2v) is 3.62. The summed E-state index contributed by atoms with van der Waals surface area (Å²) in [4.78, 5) is 0. The molecule has 2 heteroatoms. The third-order valence-corrected chi connectivity index (χ3v) is 2.56. The van der Waals surface area contributed by atoms with Gasteiger partial charge >= 0.3 is 0 Å². The molecule has 0 saturated heterocycles. The number of hydrogen-bond acceptors (Lipinski definition) is 2. The van der Waals surface area contributed by atoms with Crippen molar-refractivity contribution < 1.29 is 4.42 Å². The second-order valence-electron chi connectivity index (χ2n) is 3.62. The lowest BCUT2D eigenvalue weighted by atomic mass is 10.0. The van der Waals surface area contributed by atoms with Gasteiger partial charge < -0.3 is 10.2 Å². The molecule has 2 N–H and O–H groups in total. The third kappa shape index (κ3) is 2.10. The number of benzene rings is 1. The fourth-order valence-corrected chi connectivity index (χ4v) is 1.60. The van der Waals surface area contributed by atoms with Crippen molar-refractivity contribution in [2.45, 2.75) is 19.4 Å². The third-order valence-electron chi connectivity index (χ3n) is 2.56. The Kier molecular flexibility index (Phi) is 2.88. The largest absolute Gasteiger partial charge is 0.464 e. The molecule has 2 nitrogen and oxygen atoms in total. The first-order chi connectivity index (χ1) is 7.31. The van der Waals surface area contributed by atoms with Crippen molar-refractivity contribution in [1.29, 1.82) is 0 Å². The molecule has 1 unspecified atom stereocenters. The van der Waals surface area contributed by atoms with E-state index in [9.17, 15) is 0 Å². The molecule has 0 bridgehead atoms. The normalized spacial score (nSPS) is 12.7. The fourth-order valence-electron chi connectivity index (χ4n) is 1.60. The van der Waals surface area contributed by atoms with Gasteiger partial charge in [0.1, 0.15) is 5.76 Å². The molecule has 2 rings (SSSR count). The molecule has 78 valence electrons. The van der Waals surface area contributed by atoms with E-state index in [4.69, 9.17) is 10.2 Å². The first-order valence-electron chi connectivity index (χ1n) is 5.20. The monoisotopic (exact) mass is 201 g/mol. The number of hydrogen-bond donors (Lipinski definition) is 1. The Morgan fingerprint density at radius 2 is 2.13 bits per heavy atom. The van der Waals surface area contributed by atoms with Gasteiger partial charge in [-0.25, -0.2) is 0 Å². The second kappa shape index (κ2) is 4.32. The van der Waals surface area contributed by atoms with Crippen molar-refractivity contribution in [3.05, 3.63) is 48.2 Å². The lowest BCUT2D eigenvalue weighted by molar-refractivity contribution is 0.582. The highest BCUT2D eigenvalue weighted by Gasteiger charge is 2.05. The average molecular weight is 201 g/mol. The summed E-state index contributed by atoms with van der Waals surface area (Å²) in [5.41, 5.74) is 8.23. The van der Waals surface area contributed by atoms with Crippen molar-refractivity contribution in [2.24, 2.45) is 5.73 Å². The maximum Gasteiger partial charge on any atom is 0.133 e. The van der Waals surface area contributed by atoms with Gasteiger partial charge in [0.2, 0.25) is 0 Å². The maximum atomic E-state index is 5.99. The van der Waals surface area contributed by atoms with Crippen LogP contribution in [-0.2, 0) is 0 Å². The average Bonchev–Trinajstić information content (AvgIpc) is 2.82. The van der Waals surface area contributed by atoms with E-state index in [0.717, 1.165) is 23.3 Å². The molecule has 15 heavy (non-hydrogen) atoms. The van der Waals surface area contributed by atoms with E-state index >= 15 is 0 Å². The molecule has 0 saturated carbocycles. The van der Waals surface area contributed by atoms with E-state index in [1.54, 1.807) is 6.26 Å². The van der Waals surface area contributed by atoms with Crippen molar-refractivity contribution in [1.82, 2.24) is 0 Å². The van der Waals surface area contributed by atoms with E-state index in [0.29, 0.717) is 0 Å². The van der Waals surface area contributed by atoms with Crippen LogP contribution in [0.4, 0.5) is 0 Å².